The van der Waals surface area contributed by atoms with Crippen molar-refractivity contribution in [3.63, 3.8) is 0 Å². The molecule has 2 fully saturated rings. The standard InChI is InChI=1S/C14H27N3O/c1-12-10-15-8-9-17(12)11-14(18)16(2)13-6-4-3-5-7-13/h12-13,15H,3-11H2,1-2H3/t12-/m0/s1. The van der Waals surface area contributed by atoms with E-state index in [0.717, 1.165) is 19.6 Å². The van der Waals surface area contributed by atoms with Gasteiger partial charge in [0.2, 0.25) is 5.91 Å². The minimum Gasteiger partial charge on any atom is -0.342 e. The number of nitrogens with zero attached hydrogens (tertiary/aromatic N) is 2. The summed E-state index contributed by atoms with van der Waals surface area (Å²) in [7, 11) is 1.99. The van der Waals surface area contributed by atoms with E-state index in [2.05, 4.69) is 17.1 Å². The van der Waals surface area contributed by atoms with E-state index in [1.54, 1.807) is 0 Å². The second-order valence-corrected chi connectivity index (χ2v) is 5.82. The lowest BCUT2D eigenvalue weighted by Crippen LogP contribution is -2.53. The Kier molecular flexibility index (Phi) is 5.01. The van der Waals surface area contributed by atoms with Crippen molar-refractivity contribution in [1.29, 1.82) is 0 Å². The summed E-state index contributed by atoms with van der Waals surface area (Å²) >= 11 is 0. The van der Waals surface area contributed by atoms with E-state index in [0.29, 0.717) is 24.5 Å². The van der Waals surface area contributed by atoms with Crippen LogP contribution in [0.25, 0.3) is 0 Å². The topological polar surface area (TPSA) is 35.6 Å². The number of hydrogen-bond donors (Lipinski definition) is 1. The molecule has 4 nitrogen and oxygen atoms in total. The van der Waals surface area contributed by atoms with Gasteiger partial charge in [-0.2, -0.15) is 0 Å². The van der Waals surface area contributed by atoms with E-state index < -0.39 is 0 Å². The van der Waals surface area contributed by atoms with E-state index in [9.17, 15) is 4.79 Å². The summed E-state index contributed by atoms with van der Waals surface area (Å²) in [5.74, 6) is 0.302. The molecular formula is C14H27N3O. The van der Waals surface area contributed by atoms with Gasteiger partial charge in [-0.15, -0.1) is 0 Å². The Morgan fingerprint density at radius 2 is 2.06 bits per heavy atom. The van der Waals surface area contributed by atoms with E-state index in [1.807, 2.05) is 11.9 Å². The minimum absolute atomic E-state index is 0.302. The van der Waals surface area contributed by atoms with Crippen LogP contribution in [0.2, 0.25) is 0 Å². The summed E-state index contributed by atoms with van der Waals surface area (Å²) in [6, 6.07) is 0.965. The number of likely N-dealkylation sites (N-methyl/N-ethyl adjacent to an activating group) is 1. The molecule has 4 heteroatoms. The summed E-state index contributed by atoms with van der Waals surface area (Å²) in [4.78, 5) is 16.6. The first-order valence-electron chi connectivity index (χ1n) is 7.39. The highest BCUT2D eigenvalue weighted by Crippen LogP contribution is 2.21. The maximum Gasteiger partial charge on any atom is 0.236 e. The van der Waals surface area contributed by atoms with Crippen LogP contribution in [0.4, 0.5) is 0 Å². The van der Waals surface area contributed by atoms with Crippen molar-refractivity contribution in [1.82, 2.24) is 15.1 Å². The van der Waals surface area contributed by atoms with E-state index >= 15 is 0 Å². The van der Waals surface area contributed by atoms with Crippen LogP contribution in [0.5, 0.6) is 0 Å². The molecule has 0 aromatic heterocycles. The quantitative estimate of drug-likeness (QED) is 0.817. The molecule has 0 radical (unpaired) electrons. The number of amides is 1. The summed E-state index contributed by atoms with van der Waals surface area (Å²) in [6.45, 7) is 5.78. The van der Waals surface area contributed by atoms with Crippen molar-refractivity contribution >= 4 is 5.91 Å². The molecule has 1 atom stereocenters. The van der Waals surface area contributed by atoms with Crippen LogP contribution in [0, 0.1) is 0 Å². The van der Waals surface area contributed by atoms with Crippen molar-refractivity contribution in [2.75, 3.05) is 33.2 Å². The molecule has 0 unspecified atom stereocenters. The number of rotatable bonds is 3. The third kappa shape index (κ3) is 3.45. The molecule has 1 N–H and O–H groups in total. The fraction of sp³-hybridized carbons (Fsp3) is 0.929. The van der Waals surface area contributed by atoms with Crippen molar-refractivity contribution in [3.8, 4) is 0 Å². The monoisotopic (exact) mass is 253 g/mol. The lowest BCUT2D eigenvalue weighted by Gasteiger charge is -2.36. The molecule has 1 amide bonds. The molecule has 0 aromatic carbocycles. The van der Waals surface area contributed by atoms with Gasteiger partial charge in [0.1, 0.15) is 0 Å². The molecule has 2 aliphatic rings. The summed E-state index contributed by atoms with van der Waals surface area (Å²) in [6.07, 6.45) is 6.30. The van der Waals surface area contributed by atoms with Crippen molar-refractivity contribution in [2.24, 2.45) is 0 Å². The highest BCUT2D eigenvalue weighted by atomic mass is 16.2. The average Bonchev–Trinajstić information content (AvgIpc) is 2.41. The average molecular weight is 253 g/mol. The van der Waals surface area contributed by atoms with Crippen molar-refractivity contribution < 1.29 is 4.79 Å². The predicted octanol–water partition coefficient (Wildman–Crippen LogP) is 1.07. The van der Waals surface area contributed by atoms with Crippen LogP contribution in [0.3, 0.4) is 0 Å². The van der Waals surface area contributed by atoms with Gasteiger partial charge in [0, 0.05) is 38.8 Å². The van der Waals surface area contributed by atoms with Crippen LogP contribution >= 0.6 is 0 Å². The van der Waals surface area contributed by atoms with Crippen LogP contribution in [0.1, 0.15) is 39.0 Å². The zero-order valence-electron chi connectivity index (χ0n) is 11.8. The van der Waals surface area contributed by atoms with E-state index in [-0.39, 0.29) is 0 Å². The Hall–Kier alpha value is -0.610. The fourth-order valence-corrected chi connectivity index (χ4v) is 3.08. The Bertz CT molecular complexity index is 276. The molecular weight excluding hydrogens is 226 g/mol. The van der Waals surface area contributed by atoms with Crippen LogP contribution in [-0.2, 0) is 4.79 Å². The zero-order valence-corrected chi connectivity index (χ0v) is 11.8. The van der Waals surface area contributed by atoms with Gasteiger partial charge in [0.15, 0.2) is 0 Å². The molecule has 0 spiro atoms. The molecule has 1 saturated heterocycles. The van der Waals surface area contributed by atoms with Gasteiger partial charge in [0.05, 0.1) is 6.54 Å². The Labute approximate surface area is 111 Å². The normalized spacial score (nSPS) is 27.1. The third-order valence-electron chi connectivity index (χ3n) is 4.49. The number of nitrogens with one attached hydrogen (secondary N) is 1. The van der Waals surface area contributed by atoms with Gasteiger partial charge >= 0.3 is 0 Å². The van der Waals surface area contributed by atoms with Gasteiger partial charge in [0.25, 0.3) is 0 Å². The highest BCUT2D eigenvalue weighted by molar-refractivity contribution is 5.78. The molecule has 1 saturated carbocycles. The number of carbonyl (C=O) groups excluding carboxylic acids is 1. The lowest BCUT2D eigenvalue weighted by molar-refractivity contribution is -0.134. The first-order valence-corrected chi connectivity index (χ1v) is 7.39. The Morgan fingerprint density at radius 1 is 1.33 bits per heavy atom. The van der Waals surface area contributed by atoms with Gasteiger partial charge in [-0.25, -0.2) is 0 Å². The van der Waals surface area contributed by atoms with E-state index in [4.69, 9.17) is 0 Å². The van der Waals surface area contributed by atoms with Gasteiger partial charge < -0.3 is 10.2 Å². The van der Waals surface area contributed by atoms with Gasteiger partial charge in [-0.3, -0.25) is 9.69 Å². The molecule has 1 heterocycles. The first kappa shape index (κ1) is 13.8. The largest absolute Gasteiger partial charge is 0.342 e. The first-order chi connectivity index (χ1) is 8.68. The maximum atomic E-state index is 12.3. The fourth-order valence-electron chi connectivity index (χ4n) is 3.08. The Morgan fingerprint density at radius 3 is 2.72 bits per heavy atom. The summed E-state index contributed by atoms with van der Waals surface area (Å²) in [5.41, 5.74) is 0. The van der Waals surface area contributed by atoms with E-state index in [1.165, 1.54) is 32.1 Å². The lowest BCUT2D eigenvalue weighted by atomic mass is 9.94. The molecule has 104 valence electrons. The predicted molar refractivity (Wildman–Crippen MR) is 73.5 cm³/mol. The van der Waals surface area contributed by atoms with Crippen LogP contribution in [0.15, 0.2) is 0 Å². The smallest absolute Gasteiger partial charge is 0.236 e. The number of piperazine rings is 1. The molecule has 0 aromatic rings. The van der Waals surface area contributed by atoms with Crippen molar-refractivity contribution in [3.05, 3.63) is 0 Å². The third-order valence-corrected chi connectivity index (χ3v) is 4.49. The second-order valence-electron chi connectivity index (χ2n) is 5.82. The Balaban J connectivity index is 1.82. The second kappa shape index (κ2) is 6.53. The summed E-state index contributed by atoms with van der Waals surface area (Å²) in [5, 5.41) is 3.36. The highest BCUT2D eigenvalue weighted by Gasteiger charge is 2.26. The molecule has 2 rings (SSSR count). The van der Waals surface area contributed by atoms with Gasteiger partial charge in [-0.05, 0) is 19.8 Å². The number of carbonyl (C=O) groups is 1. The summed E-state index contributed by atoms with van der Waals surface area (Å²) < 4.78 is 0. The molecule has 1 aliphatic carbocycles. The van der Waals surface area contributed by atoms with Crippen molar-refractivity contribution in [2.45, 2.75) is 51.1 Å². The number of hydrogen-bond acceptors (Lipinski definition) is 3. The van der Waals surface area contributed by atoms with Gasteiger partial charge in [-0.1, -0.05) is 19.3 Å². The minimum atomic E-state index is 0.302. The van der Waals surface area contributed by atoms with Crippen LogP contribution < -0.4 is 5.32 Å². The maximum absolute atomic E-state index is 12.3. The zero-order chi connectivity index (χ0) is 13.0. The SMILES string of the molecule is C[C@H]1CNCCN1CC(=O)N(C)C1CCCCC1. The van der Waals surface area contributed by atoms with Crippen LogP contribution in [-0.4, -0.2) is 61.0 Å². The molecule has 18 heavy (non-hydrogen) atoms. The molecule has 1 aliphatic heterocycles. The molecule has 0 bridgehead atoms.